The van der Waals surface area contributed by atoms with Gasteiger partial charge in [-0.25, -0.2) is 0 Å². The van der Waals surface area contributed by atoms with E-state index in [0.29, 0.717) is 0 Å². The molecule has 1 aromatic carbocycles. The van der Waals surface area contributed by atoms with Crippen molar-refractivity contribution in [2.45, 2.75) is 39.7 Å². The first-order chi connectivity index (χ1) is 9.17. The number of hydrogen-bond donors (Lipinski definition) is 2. The molecule has 3 heteroatoms. The van der Waals surface area contributed by atoms with Crippen molar-refractivity contribution < 1.29 is 4.42 Å². The summed E-state index contributed by atoms with van der Waals surface area (Å²) >= 11 is 0. The first-order valence-corrected chi connectivity index (χ1v) is 6.74. The Kier molecular flexibility index (Phi) is 4.40. The van der Waals surface area contributed by atoms with Crippen molar-refractivity contribution >= 4 is 0 Å². The van der Waals surface area contributed by atoms with Crippen molar-refractivity contribution in [1.82, 2.24) is 5.43 Å². The summed E-state index contributed by atoms with van der Waals surface area (Å²) in [5.41, 5.74) is 8.05. The van der Waals surface area contributed by atoms with Crippen LogP contribution in [-0.2, 0) is 12.8 Å². The van der Waals surface area contributed by atoms with E-state index in [4.69, 9.17) is 10.3 Å². The van der Waals surface area contributed by atoms with Crippen molar-refractivity contribution in [3.8, 4) is 0 Å². The number of nitrogens with two attached hydrogens (primary N) is 1. The lowest BCUT2D eigenvalue weighted by molar-refractivity contribution is 0.487. The van der Waals surface area contributed by atoms with Gasteiger partial charge in [-0.3, -0.25) is 11.3 Å². The first kappa shape index (κ1) is 13.8. The lowest BCUT2D eigenvalue weighted by Crippen LogP contribution is -2.30. The van der Waals surface area contributed by atoms with Gasteiger partial charge in [0.15, 0.2) is 0 Å². The maximum Gasteiger partial charge on any atom is 0.108 e. The Morgan fingerprint density at radius 2 is 1.89 bits per heavy atom. The van der Waals surface area contributed by atoms with Crippen molar-refractivity contribution in [3.05, 3.63) is 58.5 Å². The zero-order chi connectivity index (χ0) is 13.8. The second-order valence-corrected chi connectivity index (χ2v) is 4.95. The zero-order valence-corrected chi connectivity index (χ0v) is 11.9. The lowest BCUT2D eigenvalue weighted by Gasteiger charge is -2.18. The molecule has 1 heterocycles. The third-order valence-electron chi connectivity index (χ3n) is 3.73. The number of nitrogens with one attached hydrogen (secondary N) is 1. The predicted octanol–water partition coefficient (Wildman–Crippen LogP) is 3.21. The van der Waals surface area contributed by atoms with Gasteiger partial charge in [0.25, 0.3) is 0 Å². The van der Waals surface area contributed by atoms with Crippen molar-refractivity contribution in [2.24, 2.45) is 5.84 Å². The minimum absolute atomic E-state index is 0.0912. The highest BCUT2D eigenvalue weighted by atomic mass is 16.3. The van der Waals surface area contributed by atoms with Crippen LogP contribution < -0.4 is 11.3 Å². The molecule has 0 aliphatic carbocycles. The van der Waals surface area contributed by atoms with Gasteiger partial charge in [0.1, 0.15) is 5.76 Å². The molecule has 3 nitrogen and oxygen atoms in total. The number of benzene rings is 1. The molecule has 102 valence electrons. The molecule has 0 saturated carbocycles. The molecule has 1 aromatic heterocycles. The molecule has 0 aliphatic heterocycles. The van der Waals surface area contributed by atoms with Crippen LogP contribution in [-0.4, -0.2) is 0 Å². The number of rotatable bonds is 5. The van der Waals surface area contributed by atoms with E-state index in [9.17, 15) is 0 Å². The molecule has 19 heavy (non-hydrogen) atoms. The summed E-state index contributed by atoms with van der Waals surface area (Å²) in [5, 5.41) is 0. The van der Waals surface area contributed by atoms with Crippen molar-refractivity contribution in [3.63, 3.8) is 0 Å². The SMILES string of the molecule is CCc1occc1C(Cc1c(C)cccc1C)NN. The van der Waals surface area contributed by atoms with E-state index in [0.717, 1.165) is 24.2 Å². The van der Waals surface area contributed by atoms with E-state index in [1.165, 1.54) is 16.7 Å². The van der Waals surface area contributed by atoms with Crippen LogP contribution in [0.2, 0.25) is 0 Å². The van der Waals surface area contributed by atoms with Crippen LogP contribution >= 0.6 is 0 Å². The average Bonchev–Trinajstić information content (AvgIpc) is 2.87. The minimum Gasteiger partial charge on any atom is -0.469 e. The molecule has 1 atom stereocenters. The van der Waals surface area contributed by atoms with Crippen LogP contribution in [0.15, 0.2) is 34.9 Å². The van der Waals surface area contributed by atoms with Crippen molar-refractivity contribution in [1.29, 1.82) is 0 Å². The third-order valence-corrected chi connectivity index (χ3v) is 3.73. The number of hydrogen-bond acceptors (Lipinski definition) is 3. The molecule has 1 unspecified atom stereocenters. The molecular weight excluding hydrogens is 236 g/mol. The Labute approximate surface area is 114 Å². The predicted molar refractivity (Wildman–Crippen MR) is 77.8 cm³/mol. The highest BCUT2D eigenvalue weighted by Crippen LogP contribution is 2.25. The second-order valence-electron chi connectivity index (χ2n) is 4.95. The molecule has 0 radical (unpaired) electrons. The van der Waals surface area contributed by atoms with Crippen molar-refractivity contribution in [2.75, 3.05) is 0 Å². The summed E-state index contributed by atoms with van der Waals surface area (Å²) in [4.78, 5) is 0. The van der Waals surface area contributed by atoms with Crippen LogP contribution in [0.5, 0.6) is 0 Å². The normalized spacial score (nSPS) is 12.6. The van der Waals surface area contributed by atoms with E-state index < -0.39 is 0 Å². The summed E-state index contributed by atoms with van der Waals surface area (Å²) in [6, 6.07) is 8.48. The van der Waals surface area contributed by atoms with Gasteiger partial charge in [-0.05, 0) is 43.0 Å². The van der Waals surface area contributed by atoms with E-state index in [1.807, 2.05) is 6.07 Å². The number of aryl methyl sites for hydroxylation is 3. The fourth-order valence-electron chi connectivity index (χ4n) is 2.58. The Morgan fingerprint density at radius 1 is 1.21 bits per heavy atom. The van der Waals surface area contributed by atoms with Gasteiger partial charge >= 0.3 is 0 Å². The fraction of sp³-hybridized carbons (Fsp3) is 0.375. The van der Waals surface area contributed by atoms with Crippen LogP contribution in [0.3, 0.4) is 0 Å². The molecule has 2 aromatic rings. The average molecular weight is 258 g/mol. The quantitative estimate of drug-likeness (QED) is 0.639. The summed E-state index contributed by atoms with van der Waals surface area (Å²) < 4.78 is 5.50. The van der Waals surface area contributed by atoms with E-state index in [-0.39, 0.29) is 6.04 Å². The minimum atomic E-state index is 0.0912. The molecule has 0 bridgehead atoms. The standard InChI is InChI=1S/C16H22N2O/c1-4-16-13(8-9-19-16)15(18-17)10-14-11(2)6-5-7-12(14)3/h5-9,15,18H,4,10,17H2,1-3H3. The Morgan fingerprint density at radius 3 is 2.47 bits per heavy atom. The first-order valence-electron chi connectivity index (χ1n) is 6.74. The largest absolute Gasteiger partial charge is 0.469 e. The van der Waals surface area contributed by atoms with Gasteiger partial charge in [-0.15, -0.1) is 0 Å². The van der Waals surface area contributed by atoms with E-state index >= 15 is 0 Å². The van der Waals surface area contributed by atoms with Gasteiger partial charge in [0.05, 0.1) is 12.3 Å². The molecule has 0 saturated heterocycles. The highest BCUT2D eigenvalue weighted by Gasteiger charge is 2.18. The molecular formula is C16H22N2O. The smallest absolute Gasteiger partial charge is 0.108 e. The fourth-order valence-corrected chi connectivity index (χ4v) is 2.58. The van der Waals surface area contributed by atoms with Gasteiger partial charge < -0.3 is 4.42 Å². The van der Waals surface area contributed by atoms with Crippen LogP contribution in [0, 0.1) is 13.8 Å². The highest BCUT2D eigenvalue weighted by molar-refractivity contribution is 5.36. The van der Waals surface area contributed by atoms with E-state index in [1.54, 1.807) is 6.26 Å². The summed E-state index contributed by atoms with van der Waals surface area (Å²) in [5.74, 6) is 6.75. The molecule has 0 aliphatic rings. The Bertz CT molecular complexity index is 525. The lowest BCUT2D eigenvalue weighted by atomic mass is 9.93. The third kappa shape index (κ3) is 2.88. The summed E-state index contributed by atoms with van der Waals surface area (Å²) in [6.45, 7) is 6.38. The topological polar surface area (TPSA) is 51.2 Å². The van der Waals surface area contributed by atoms with Gasteiger partial charge in [0, 0.05) is 12.0 Å². The molecule has 0 amide bonds. The van der Waals surface area contributed by atoms with E-state index in [2.05, 4.69) is 44.4 Å². The summed E-state index contributed by atoms with van der Waals surface area (Å²) in [6.07, 6.45) is 3.50. The zero-order valence-electron chi connectivity index (χ0n) is 11.9. The molecule has 0 fully saturated rings. The molecule has 0 spiro atoms. The molecule has 3 N–H and O–H groups in total. The number of furan rings is 1. The number of hydrazine groups is 1. The van der Waals surface area contributed by atoms with Gasteiger partial charge in [-0.1, -0.05) is 25.1 Å². The molecule has 2 rings (SSSR count). The maximum atomic E-state index is 5.74. The Hall–Kier alpha value is -1.58. The van der Waals surface area contributed by atoms with Crippen LogP contribution in [0.1, 0.15) is 41.0 Å². The van der Waals surface area contributed by atoms with Gasteiger partial charge in [-0.2, -0.15) is 0 Å². The monoisotopic (exact) mass is 258 g/mol. The van der Waals surface area contributed by atoms with Crippen LogP contribution in [0.25, 0.3) is 0 Å². The second kappa shape index (κ2) is 6.04. The van der Waals surface area contributed by atoms with Gasteiger partial charge in [0.2, 0.25) is 0 Å². The van der Waals surface area contributed by atoms with Crippen LogP contribution in [0.4, 0.5) is 0 Å². The Balaban J connectivity index is 2.29. The summed E-state index contributed by atoms with van der Waals surface area (Å²) in [7, 11) is 0. The maximum absolute atomic E-state index is 5.74.